The number of amides is 3. The number of nitrogens with one attached hydrogen (secondary N) is 3. The predicted molar refractivity (Wildman–Crippen MR) is 101 cm³/mol. The molecule has 2 aromatic rings. The monoisotopic (exact) mass is 430 g/mol. The van der Waals surface area contributed by atoms with Gasteiger partial charge in [0.15, 0.2) is 0 Å². The summed E-state index contributed by atoms with van der Waals surface area (Å²) in [5, 5.41) is 4.16. The molecule has 0 heterocycles. The average molecular weight is 430 g/mol. The van der Waals surface area contributed by atoms with Crippen molar-refractivity contribution < 1.29 is 31.2 Å². The Kier molecular flexibility index (Phi) is 6.37. The van der Waals surface area contributed by atoms with Crippen molar-refractivity contribution in [2.24, 2.45) is 0 Å². The van der Waals surface area contributed by atoms with Gasteiger partial charge < -0.3 is 15.5 Å². The van der Waals surface area contributed by atoms with Gasteiger partial charge in [-0.2, -0.15) is 13.2 Å². The van der Waals surface area contributed by atoms with Gasteiger partial charge in [-0.05, 0) is 36.4 Å². The van der Waals surface area contributed by atoms with Crippen LogP contribution in [0.3, 0.4) is 0 Å². The summed E-state index contributed by atoms with van der Waals surface area (Å²) in [6.45, 7) is 0. The largest absolute Gasteiger partial charge is 0.471 e. The Labute approximate surface area is 164 Å². The van der Waals surface area contributed by atoms with E-state index < -0.39 is 28.1 Å². The fraction of sp³-hybridized carbons (Fsp3) is 0.176. The molecule has 0 fully saturated rings. The third-order valence-corrected chi connectivity index (χ3v) is 4.88. The normalized spacial score (nSPS) is 11.5. The van der Waals surface area contributed by atoms with Crippen LogP contribution in [0.25, 0.3) is 0 Å². The van der Waals surface area contributed by atoms with Crippen LogP contribution in [0.5, 0.6) is 0 Å². The van der Waals surface area contributed by atoms with Crippen molar-refractivity contribution in [3.63, 3.8) is 0 Å². The molecule has 156 valence electrons. The zero-order chi connectivity index (χ0) is 21.8. The smallest absolute Gasteiger partial charge is 0.331 e. The van der Waals surface area contributed by atoms with Gasteiger partial charge in [0.05, 0.1) is 16.3 Å². The van der Waals surface area contributed by atoms with Crippen molar-refractivity contribution in [3.05, 3.63) is 48.5 Å². The van der Waals surface area contributed by atoms with E-state index in [9.17, 15) is 31.2 Å². The van der Waals surface area contributed by atoms with Gasteiger partial charge in [0.2, 0.25) is 0 Å². The number of alkyl halides is 3. The number of nitrogens with zero attached hydrogens (tertiary/aromatic N) is 1. The molecule has 0 spiro atoms. The van der Waals surface area contributed by atoms with Crippen molar-refractivity contribution in [3.8, 4) is 0 Å². The number of sulfonamides is 1. The number of hydrogen-bond acceptors (Lipinski definition) is 4. The van der Waals surface area contributed by atoms with E-state index in [0.29, 0.717) is 0 Å². The Hall–Kier alpha value is -3.28. The number of carbonyl (C=O) groups is 2. The topological polar surface area (TPSA) is 108 Å². The average Bonchev–Trinajstić information content (AvgIpc) is 2.62. The molecular weight excluding hydrogens is 413 g/mol. The van der Waals surface area contributed by atoms with Gasteiger partial charge in [0.1, 0.15) is 0 Å². The molecule has 3 N–H and O–H groups in total. The highest BCUT2D eigenvalue weighted by Gasteiger charge is 2.38. The zero-order valence-corrected chi connectivity index (χ0v) is 16.1. The molecular formula is C17H17F3N4O4S. The molecule has 0 aliphatic heterocycles. The first-order valence-corrected chi connectivity index (χ1v) is 9.47. The van der Waals surface area contributed by atoms with Gasteiger partial charge in [-0.3, -0.25) is 9.52 Å². The standard InChI is InChI=1S/C17H17F3N4O4S/c1-24(2)16(26)22-13-5-3-4-6-14(13)23-29(27,28)12-9-7-11(8-10-12)21-15(25)17(18,19)20/h3-10,23H,1-2H3,(H,21,25)(H,22,26). The quantitative estimate of drug-likeness (QED) is 0.678. The molecule has 0 aliphatic rings. The molecule has 29 heavy (non-hydrogen) atoms. The highest BCUT2D eigenvalue weighted by atomic mass is 32.2. The highest BCUT2D eigenvalue weighted by molar-refractivity contribution is 7.92. The van der Waals surface area contributed by atoms with E-state index in [-0.39, 0.29) is 22.0 Å². The molecule has 0 radical (unpaired) electrons. The van der Waals surface area contributed by atoms with Crippen molar-refractivity contribution in [1.82, 2.24) is 4.90 Å². The second-order valence-corrected chi connectivity index (χ2v) is 7.63. The van der Waals surface area contributed by atoms with Crippen LogP contribution in [-0.2, 0) is 14.8 Å². The molecule has 2 rings (SSSR count). The van der Waals surface area contributed by atoms with Crippen LogP contribution in [0.1, 0.15) is 0 Å². The molecule has 0 aromatic heterocycles. The van der Waals surface area contributed by atoms with Gasteiger partial charge in [0, 0.05) is 19.8 Å². The minimum Gasteiger partial charge on any atom is -0.331 e. The third-order valence-electron chi connectivity index (χ3n) is 3.50. The van der Waals surface area contributed by atoms with Crippen LogP contribution in [0.2, 0.25) is 0 Å². The van der Waals surface area contributed by atoms with Gasteiger partial charge >= 0.3 is 18.1 Å². The summed E-state index contributed by atoms with van der Waals surface area (Å²) < 4.78 is 64.3. The summed E-state index contributed by atoms with van der Waals surface area (Å²) in [5.74, 6) is -2.17. The fourth-order valence-corrected chi connectivity index (χ4v) is 3.11. The Balaban J connectivity index is 2.20. The molecule has 2 aromatic carbocycles. The summed E-state index contributed by atoms with van der Waals surface area (Å²) >= 11 is 0. The summed E-state index contributed by atoms with van der Waals surface area (Å²) in [5.41, 5.74) is 0.0888. The SMILES string of the molecule is CN(C)C(=O)Nc1ccccc1NS(=O)(=O)c1ccc(NC(=O)C(F)(F)F)cc1. The van der Waals surface area contributed by atoms with Crippen LogP contribution >= 0.6 is 0 Å². The van der Waals surface area contributed by atoms with E-state index in [4.69, 9.17) is 0 Å². The van der Waals surface area contributed by atoms with Crippen LogP contribution in [0, 0.1) is 0 Å². The molecule has 0 saturated heterocycles. The number of para-hydroxylation sites is 2. The van der Waals surface area contributed by atoms with E-state index in [1.807, 2.05) is 0 Å². The van der Waals surface area contributed by atoms with Crippen molar-refractivity contribution in [2.45, 2.75) is 11.1 Å². The Morgan fingerprint density at radius 2 is 1.45 bits per heavy atom. The van der Waals surface area contributed by atoms with Crippen molar-refractivity contribution in [2.75, 3.05) is 29.5 Å². The second kappa shape index (κ2) is 8.39. The maximum Gasteiger partial charge on any atom is 0.471 e. The molecule has 0 unspecified atom stereocenters. The lowest BCUT2D eigenvalue weighted by Crippen LogP contribution is -2.29. The number of hydrogen-bond donors (Lipinski definition) is 3. The van der Waals surface area contributed by atoms with E-state index in [0.717, 1.165) is 24.3 Å². The maximum atomic E-state index is 12.6. The van der Waals surface area contributed by atoms with Gasteiger partial charge in [-0.15, -0.1) is 0 Å². The lowest BCUT2D eigenvalue weighted by molar-refractivity contribution is -0.167. The van der Waals surface area contributed by atoms with Crippen molar-refractivity contribution in [1.29, 1.82) is 0 Å². The number of halogens is 3. The summed E-state index contributed by atoms with van der Waals surface area (Å²) in [6, 6.07) is 9.73. The maximum absolute atomic E-state index is 12.6. The number of rotatable bonds is 5. The van der Waals surface area contributed by atoms with E-state index >= 15 is 0 Å². The minimum atomic E-state index is -5.06. The van der Waals surface area contributed by atoms with Gasteiger partial charge in [-0.1, -0.05) is 12.1 Å². The zero-order valence-electron chi connectivity index (χ0n) is 15.2. The Bertz CT molecular complexity index is 1010. The Morgan fingerprint density at radius 3 is 1.97 bits per heavy atom. The summed E-state index contributed by atoms with van der Waals surface area (Å²) in [7, 11) is -1.09. The molecule has 12 heteroatoms. The second-order valence-electron chi connectivity index (χ2n) is 5.95. The lowest BCUT2D eigenvalue weighted by atomic mass is 10.3. The first-order chi connectivity index (χ1) is 13.4. The lowest BCUT2D eigenvalue weighted by Gasteiger charge is -2.16. The minimum absolute atomic E-state index is 0.0946. The molecule has 0 bridgehead atoms. The molecule has 0 aliphatic carbocycles. The molecule has 3 amide bonds. The number of urea groups is 1. The number of anilines is 3. The summed E-state index contributed by atoms with van der Waals surface area (Å²) in [6.07, 6.45) is -5.06. The first-order valence-electron chi connectivity index (χ1n) is 7.98. The van der Waals surface area contributed by atoms with E-state index in [2.05, 4.69) is 10.0 Å². The van der Waals surface area contributed by atoms with E-state index in [1.165, 1.54) is 31.1 Å². The molecule has 8 nitrogen and oxygen atoms in total. The van der Waals surface area contributed by atoms with Gasteiger partial charge in [-0.25, -0.2) is 13.2 Å². The molecule has 0 atom stereocenters. The number of carbonyl (C=O) groups excluding carboxylic acids is 2. The van der Waals surface area contributed by atoms with Crippen LogP contribution in [0.15, 0.2) is 53.4 Å². The fourth-order valence-electron chi connectivity index (χ4n) is 2.03. The summed E-state index contributed by atoms with van der Waals surface area (Å²) in [4.78, 5) is 23.8. The first kappa shape index (κ1) is 22.0. The van der Waals surface area contributed by atoms with Crippen LogP contribution in [-0.4, -0.2) is 45.5 Å². The highest BCUT2D eigenvalue weighted by Crippen LogP contribution is 2.25. The van der Waals surface area contributed by atoms with Crippen LogP contribution < -0.4 is 15.4 Å². The Morgan fingerprint density at radius 1 is 0.897 bits per heavy atom. The predicted octanol–water partition coefficient (Wildman–Crippen LogP) is 3.08. The van der Waals surface area contributed by atoms with Crippen LogP contribution in [0.4, 0.5) is 35.0 Å². The van der Waals surface area contributed by atoms with Crippen molar-refractivity contribution >= 4 is 39.0 Å². The van der Waals surface area contributed by atoms with Gasteiger partial charge in [0.25, 0.3) is 10.0 Å². The number of benzene rings is 2. The third kappa shape index (κ3) is 5.85. The molecule has 0 saturated carbocycles. The van der Waals surface area contributed by atoms with E-state index in [1.54, 1.807) is 17.4 Å².